The van der Waals surface area contributed by atoms with Crippen LogP contribution in [0, 0.1) is 5.41 Å². The minimum atomic E-state index is 0.391. The maximum Gasteiger partial charge on any atom is 0.0554 e. The second-order valence-electron chi connectivity index (χ2n) is 5.29. The van der Waals surface area contributed by atoms with Crippen molar-refractivity contribution in [3.05, 3.63) is 0 Å². The molecule has 2 fully saturated rings. The number of ether oxygens (including phenoxy) is 1. The summed E-state index contributed by atoms with van der Waals surface area (Å²) in [4.78, 5) is 2.53. The van der Waals surface area contributed by atoms with Gasteiger partial charge in [0.1, 0.15) is 0 Å². The average molecular weight is 198 g/mol. The zero-order chi connectivity index (χ0) is 10.0. The second kappa shape index (κ2) is 4.17. The van der Waals surface area contributed by atoms with Crippen LogP contribution in [-0.4, -0.2) is 43.8 Å². The van der Waals surface area contributed by atoms with Gasteiger partial charge >= 0.3 is 0 Å². The van der Waals surface area contributed by atoms with Crippen molar-refractivity contribution in [1.29, 1.82) is 0 Å². The van der Waals surface area contributed by atoms with E-state index in [-0.39, 0.29) is 0 Å². The Hall–Kier alpha value is -0.120. The molecule has 0 bridgehead atoms. The summed E-state index contributed by atoms with van der Waals surface area (Å²) in [5.74, 6) is 0. The molecule has 2 heterocycles. The van der Waals surface area contributed by atoms with E-state index >= 15 is 0 Å². The molecule has 0 spiro atoms. The number of hydrogen-bond donors (Lipinski definition) is 1. The van der Waals surface area contributed by atoms with Crippen LogP contribution in [0.2, 0.25) is 0 Å². The molecule has 0 aromatic heterocycles. The van der Waals surface area contributed by atoms with Gasteiger partial charge in [-0.15, -0.1) is 0 Å². The Labute approximate surface area is 86.6 Å². The van der Waals surface area contributed by atoms with Gasteiger partial charge in [-0.2, -0.15) is 0 Å². The molecule has 2 saturated heterocycles. The molecule has 3 heteroatoms. The van der Waals surface area contributed by atoms with Crippen molar-refractivity contribution in [3.63, 3.8) is 0 Å². The Morgan fingerprint density at radius 3 is 2.86 bits per heavy atom. The molecule has 2 rings (SSSR count). The quantitative estimate of drug-likeness (QED) is 0.714. The lowest BCUT2D eigenvalue weighted by atomic mass is 9.88. The molecule has 1 unspecified atom stereocenters. The fourth-order valence-corrected chi connectivity index (χ4v) is 2.48. The summed E-state index contributed by atoms with van der Waals surface area (Å²) >= 11 is 0. The molecule has 0 saturated carbocycles. The zero-order valence-corrected chi connectivity index (χ0v) is 9.17. The average Bonchev–Trinajstić information content (AvgIpc) is 2.27. The Kier molecular flexibility index (Phi) is 3.10. The lowest BCUT2D eigenvalue weighted by Gasteiger charge is -2.42. The van der Waals surface area contributed by atoms with Crippen molar-refractivity contribution < 1.29 is 4.74 Å². The molecular formula is C11H22N2O. The first-order valence-corrected chi connectivity index (χ1v) is 5.74. The van der Waals surface area contributed by atoms with Crippen LogP contribution in [0.25, 0.3) is 0 Å². The van der Waals surface area contributed by atoms with E-state index in [2.05, 4.69) is 11.8 Å². The maximum atomic E-state index is 6.03. The predicted octanol–water partition coefficient (Wildman–Crippen LogP) is 0.836. The highest BCUT2D eigenvalue weighted by molar-refractivity contribution is 4.86. The van der Waals surface area contributed by atoms with E-state index in [1.54, 1.807) is 0 Å². The second-order valence-corrected chi connectivity index (χ2v) is 5.29. The predicted molar refractivity (Wildman–Crippen MR) is 57.2 cm³/mol. The first-order valence-electron chi connectivity index (χ1n) is 5.74. The van der Waals surface area contributed by atoms with Crippen molar-refractivity contribution in [3.8, 4) is 0 Å². The van der Waals surface area contributed by atoms with Gasteiger partial charge in [-0.1, -0.05) is 13.3 Å². The van der Waals surface area contributed by atoms with Crippen LogP contribution in [0.4, 0.5) is 0 Å². The molecule has 14 heavy (non-hydrogen) atoms. The van der Waals surface area contributed by atoms with Crippen LogP contribution in [-0.2, 0) is 4.74 Å². The Bertz CT molecular complexity index is 192. The Morgan fingerprint density at radius 2 is 2.21 bits per heavy atom. The number of nitrogens with two attached hydrogens (primary N) is 1. The third kappa shape index (κ3) is 2.47. The van der Waals surface area contributed by atoms with Crippen molar-refractivity contribution in [1.82, 2.24) is 4.90 Å². The van der Waals surface area contributed by atoms with E-state index < -0.39 is 0 Å². The molecule has 0 radical (unpaired) electrons. The van der Waals surface area contributed by atoms with Crippen LogP contribution >= 0.6 is 0 Å². The Morgan fingerprint density at radius 1 is 1.43 bits per heavy atom. The van der Waals surface area contributed by atoms with Gasteiger partial charge in [-0.05, 0) is 19.4 Å². The molecule has 0 aromatic carbocycles. The third-order valence-corrected chi connectivity index (χ3v) is 3.30. The van der Waals surface area contributed by atoms with E-state index in [0.717, 1.165) is 19.8 Å². The topological polar surface area (TPSA) is 38.5 Å². The lowest BCUT2D eigenvalue weighted by Crippen LogP contribution is -2.50. The van der Waals surface area contributed by atoms with Gasteiger partial charge in [-0.25, -0.2) is 0 Å². The van der Waals surface area contributed by atoms with Crippen LogP contribution in [0.5, 0.6) is 0 Å². The summed E-state index contributed by atoms with van der Waals surface area (Å²) in [6.07, 6.45) is 3.80. The fraction of sp³-hybridized carbons (Fsp3) is 1.00. The molecule has 1 atom stereocenters. The molecule has 2 aliphatic rings. The Balaban J connectivity index is 1.83. The summed E-state index contributed by atoms with van der Waals surface area (Å²) in [7, 11) is 0. The molecule has 2 aliphatic heterocycles. The molecular weight excluding hydrogens is 176 g/mol. The van der Waals surface area contributed by atoms with E-state index in [9.17, 15) is 0 Å². The maximum absolute atomic E-state index is 6.03. The van der Waals surface area contributed by atoms with Gasteiger partial charge < -0.3 is 15.4 Å². The van der Waals surface area contributed by atoms with E-state index in [0.29, 0.717) is 11.5 Å². The molecule has 0 amide bonds. The van der Waals surface area contributed by atoms with Crippen molar-refractivity contribution in [2.24, 2.45) is 11.1 Å². The van der Waals surface area contributed by atoms with Gasteiger partial charge in [0.05, 0.1) is 13.2 Å². The summed E-state index contributed by atoms with van der Waals surface area (Å²) in [6.45, 7) is 7.64. The molecule has 2 N–H and O–H groups in total. The van der Waals surface area contributed by atoms with Gasteiger partial charge in [0, 0.05) is 24.5 Å². The zero-order valence-electron chi connectivity index (χ0n) is 9.17. The lowest BCUT2D eigenvalue weighted by molar-refractivity contribution is -0.115. The van der Waals surface area contributed by atoms with Gasteiger partial charge in [0.2, 0.25) is 0 Å². The minimum Gasteiger partial charge on any atom is -0.380 e. The first kappa shape index (κ1) is 10.4. The smallest absolute Gasteiger partial charge is 0.0554 e. The van der Waals surface area contributed by atoms with E-state index in [1.807, 2.05) is 0 Å². The monoisotopic (exact) mass is 198 g/mol. The van der Waals surface area contributed by atoms with Crippen LogP contribution < -0.4 is 5.73 Å². The number of hydrogen-bond acceptors (Lipinski definition) is 3. The number of nitrogens with zero attached hydrogens (tertiary/aromatic N) is 1. The standard InChI is InChI=1S/C11H22N2O/c1-11(8-14-9-11)7-13-5-3-2-4-10(12)6-13/h10H,2-9,12H2,1H3. The summed E-state index contributed by atoms with van der Waals surface area (Å²) < 4.78 is 5.28. The van der Waals surface area contributed by atoms with Crippen LogP contribution in [0.3, 0.4) is 0 Å². The van der Waals surface area contributed by atoms with Crippen molar-refractivity contribution in [2.75, 3.05) is 32.8 Å². The summed E-state index contributed by atoms with van der Waals surface area (Å²) in [5.41, 5.74) is 6.44. The SMILES string of the molecule is CC1(CN2CCCCC(N)C2)COC1. The van der Waals surface area contributed by atoms with Gasteiger partial charge in [0.25, 0.3) is 0 Å². The fourth-order valence-electron chi connectivity index (χ4n) is 2.48. The minimum absolute atomic E-state index is 0.391. The molecule has 0 aliphatic carbocycles. The molecule has 0 aromatic rings. The largest absolute Gasteiger partial charge is 0.380 e. The van der Waals surface area contributed by atoms with E-state index in [4.69, 9.17) is 10.5 Å². The third-order valence-electron chi connectivity index (χ3n) is 3.30. The van der Waals surface area contributed by atoms with Crippen molar-refractivity contribution >= 4 is 0 Å². The van der Waals surface area contributed by atoms with Crippen LogP contribution in [0.15, 0.2) is 0 Å². The summed E-state index contributed by atoms with van der Waals surface area (Å²) in [6, 6.07) is 0.391. The van der Waals surface area contributed by atoms with E-state index in [1.165, 1.54) is 32.4 Å². The van der Waals surface area contributed by atoms with Crippen molar-refractivity contribution in [2.45, 2.75) is 32.2 Å². The molecule has 3 nitrogen and oxygen atoms in total. The van der Waals surface area contributed by atoms with Crippen LogP contribution in [0.1, 0.15) is 26.2 Å². The van der Waals surface area contributed by atoms with Gasteiger partial charge in [-0.3, -0.25) is 0 Å². The highest BCUT2D eigenvalue weighted by Crippen LogP contribution is 2.28. The number of rotatable bonds is 2. The van der Waals surface area contributed by atoms with Gasteiger partial charge in [0.15, 0.2) is 0 Å². The highest BCUT2D eigenvalue weighted by atomic mass is 16.5. The first-order chi connectivity index (χ1) is 6.68. The molecule has 82 valence electrons. The number of likely N-dealkylation sites (tertiary alicyclic amines) is 1. The highest BCUT2D eigenvalue weighted by Gasteiger charge is 2.35. The summed E-state index contributed by atoms with van der Waals surface area (Å²) in [5, 5.41) is 0. The normalized spacial score (nSPS) is 33.4.